The Hall–Kier alpha value is -3.47. The molecule has 2 heterocycles. The van der Waals surface area contributed by atoms with Crippen molar-refractivity contribution in [3.63, 3.8) is 0 Å². The van der Waals surface area contributed by atoms with Crippen molar-refractivity contribution >= 4 is 11.7 Å². The van der Waals surface area contributed by atoms with Crippen molar-refractivity contribution in [1.29, 1.82) is 0 Å². The van der Waals surface area contributed by atoms with Crippen molar-refractivity contribution in [1.82, 2.24) is 9.88 Å². The fourth-order valence-corrected chi connectivity index (χ4v) is 3.78. The normalized spacial score (nSPS) is 17.7. The number of hydrogen-bond acceptors (Lipinski definition) is 3. The average Bonchev–Trinajstić information content (AvgIpc) is 2.77. The lowest BCUT2D eigenvalue weighted by Crippen LogP contribution is -2.58. The molecule has 2 aromatic carbocycles. The Labute approximate surface area is 182 Å². The topological polar surface area (TPSA) is 42.4 Å². The van der Waals surface area contributed by atoms with Crippen molar-refractivity contribution in [2.24, 2.45) is 0 Å². The minimum Gasteiger partial charge on any atom is -0.445 e. The summed E-state index contributed by atoms with van der Waals surface area (Å²) in [5, 5.41) is 0. The van der Waals surface area contributed by atoms with Crippen molar-refractivity contribution in [3.05, 3.63) is 95.9 Å². The van der Waals surface area contributed by atoms with E-state index in [9.17, 15) is 9.18 Å². The first-order chi connectivity index (χ1) is 14.9. The Kier molecular flexibility index (Phi) is 5.59. The first kappa shape index (κ1) is 20.8. The molecule has 0 N–H and O–H groups in total. The summed E-state index contributed by atoms with van der Waals surface area (Å²) >= 11 is 0. The number of allylic oxidation sites excluding steroid dienone is 1. The molecule has 1 fully saturated rings. The smallest absolute Gasteiger partial charge is 0.410 e. The molecule has 5 heteroatoms. The van der Waals surface area contributed by atoms with Gasteiger partial charge in [0.25, 0.3) is 0 Å². The molecule has 1 amide bonds. The molecule has 0 spiro atoms. The van der Waals surface area contributed by atoms with Gasteiger partial charge in [0.2, 0.25) is 0 Å². The molecule has 4 rings (SSSR count). The molecule has 3 aromatic rings. The van der Waals surface area contributed by atoms with E-state index >= 15 is 0 Å². The van der Waals surface area contributed by atoms with Gasteiger partial charge in [-0.15, -0.1) is 0 Å². The minimum absolute atomic E-state index is 0.237. The summed E-state index contributed by atoms with van der Waals surface area (Å²) in [6.07, 6.45) is 0.477. The highest BCUT2D eigenvalue weighted by Crippen LogP contribution is 2.42. The van der Waals surface area contributed by atoms with Crippen LogP contribution in [0.25, 0.3) is 16.8 Å². The maximum absolute atomic E-state index is 13.4. The van der Waals surface area contributed by atoms with Crippen LogP contribution >= 0.6 is 0 Å². The molecule has 1 aromatic heterocycles. The molecule has 0 unspecified atom stereocenters. The maximum atomic E-state index is 13.4. The molecule has 1 aliphatic rings. The predicted molar refractivity (Wildman–Crippen MR) is 120 cm³/mol. The third-order valence-electron chi connectivity index (χ3n) is 5.87. The third-order valence-corrected chi connectivity index (χ3v) is 5.87. The van der Waals surface area contributed by atoms with Gasteiger partial charge < -0.3 is 4.74 Å². The van der Waals surface area contributed by atoms with Crippen LogP contribution in [0.2, 0.25) is 0 Å². The molecule has 1 aliphatic heterocycles. The van der Waals surface area contributed by atoms with E-state index in [2.05, 4.69) is 6.58 Å². The molecular formula is C26H25FN2O2. The highest BCUT2D eigenvalue weighted by molar-refractivity contribution is 5.72. The fraction of sp³-hybridized carbons (Fsp3) is 0.231. The van der Waals surface area contributed by atoms with Crippen molar-refractivity contribution < 1.29 is 13.9 Å². The maximum Gasteiger partial charge on any atom is 0.410 e. The van der Waals surface area contributed by atoms with Gasteiger partial charge in [-0.1, -0.05) is 36.9 Å². The highest BCUT2D eigenvalue weighted by atomic mass is 19.1. The molecule has 158 valence electrons. The second-order valence-electron chi connectivity index (χ2n) is 8.13. The molecular weight excluding hydrogens is 391 g/mol. The summed E-state index contributed by atoms with van der Waals surface area (Å²) < 4.78 is 19.0. The number of ether oxygens (including phenoxy) is 1. The van der Waals surface area contributed by atoms with Crippen LogP contribution in [0.1, 0.15) is 37.1 Å². The number of benzene rings is 2. The van der Waals surface area contributed by atoms with Gasteiger partial charge in [-0.3, -0.25) is 4.90 Å². The number of rotatable bonds is 5. The van der Waals surface area contributed by atoms with Crippen LogP contribution < -0.4 is 0 Å². The number of carbonyl (C=O) groups is 1. The summed E-state index contributed by atoms with van der Waals surface area (Å²) in [7, 11) is 0. The summed E-state index contributed by atoms with van der Waals surface area (Å²) in [6.45, 7) is 8.83. The van der Waals surface area contributed by atoms with Crippen LogP contribution in [0.5, 0.6) is 0 Å². The number of nitrogens with zero attached hydrogens (tertiary/aromatic N) is 2. The van der Waals surface area contributed by atoms with E-state index in [1.54, 1.807) is 17.0 Å². The molecule has 0 saturated carbocycles. The van der Waals surface area contributed by atoms with E-state index in [0.29, 0.717) is 6.54 Å². The first-order valence-electron chi connectivity index (χ1n) is 10.3. The predicted octanol–water partition coefficient (Wildman–Crippen LogP) is 6.18. The van der Waals surface area contributed by atoms with Gasteiger partial charge in [0, 0.05) is 12.1 Å². The van der Waals surface area contributed by atoms with Crippen LogP contribution in [0.3, 0.4) is 0 Å². The van der Waals surface area contributed by atoms with Gasteiger partial charge in [-0.05, 0) is 73.4 Å². The van der Waals surface area contributed by atoms with Crippen LogP contribution in [0.15, 0.2) is 73.3 Å². The van der Waals surface area contributed by atoms with Crippen LogP contribution in [-0.2, 0) is 16.9 Å². The van der Waals surface area contributed by atoms with Crippen molar-refractivity contribution in [2.45, 2.75) is 32.4 Å². The lowest BCUT2D eigenvalue weighted by molar-refractivity contribution is -0.00980. The van der Waals surface area contributed by atoms with Gasteiger partial charge in [0.05, 0.1) is 16.9 Å². The number of likely N-dealkylation sites (tertiary alicyclic amines) is 1. The molecule has 1 atom stereocenters. The lowest BCUT2D eigenvalue weighted by Gasteiger charge is -2.50. The van der Waals surface area contributed by atoms with Gasteiger partial charge in [0.1, 0.15) is 12.4 Å². The van der Waals surface area contributed by atoms with E-state index in [4.69, 9.17) is 9.72 Å². The number of hydrogen-bond donors (Lipinski definition) is 0. The lowest BCUT2D eigenvalue weighted by atomic mass is 9.79. The molecule has 0 bridgehead atoms. The monoisotopic (exact) mass is 416 g/mol. The third kappa shape index (κ3) is 4.22. The molecule has 0 radical (unpaired) electrons. The molecule has 1 saturated heterocycles. The Bertz CT molecular complexity index is 1110. The van der Waals surface area contributed by atoms with Crippen LogP contribution in [0, 0.1) is 5.82 Å². The summed E-state index contributed by atoms with van der Waals surface area (Å²) in [4.78, 5) is 19.3. The Balaban J connectivity index is 1.61. The zero-order valence-electron chi connectivity index (χ0n) is 17.8. The van der Waals surface area contributed by atoms with Gasteiger partial charge in [0.15, 0.2) is 0 Å². The van der Waals surface area contributed by atoms with Gasteiger partial charge in [-0.2, -0.15) is 0 Å². The summed E-state index contributed by atoms with van der Waals surface area (Å²) in [6, 6.07) is 19.8. The van der Waals surface area contributed by atoms with Gasteiger partial charge >= 0.3 is 6.09 Å². The number of carbonyl (C=O) groups excluding carboxylic acids is 1. The minimum atomic E-state index is -0.504. The summed E-state index contributed by atoms with van der Waals surface area (Å²) in [5.74, 6) is -0.293. The number of aromatic nitrogens is 1. The summed E-state index contributed by atoms with van der Waals surface area (Å²) in [5.41, 5.74) is 4.52. The number of amides is 1. The van der Waals surface area contributed by atoms with Gasteiger partial charge in [-0.25, -0.2) is 14.2 Å². The zero-order valence-corrected chi connectivity index (χ0v) is 17.8. The first-order valence-corrected chi connectivity index (χ1v) is 10.3. The Morgan fingerprint density at radius 3 is 2.48 bits per heavy atom. The van der Waals surface area contributed by atoms with Crippen molar-refractivity contribution in [2.75, 3.05) is 6.54 Å². The largest absolute Gasteiger partial charge is 0.445 e. The second-order valence-corrected chi connectivity index (χ2v) is 8.13. The van der Waals surface area contributed by atoms with E-state index in [0.717, 1.165) is 40.1 Å². The average molecular weight is 416 g/mol. The number of halogens is 1. The van der Waals surface area contributed by atoms with Crippen LogP contribution in [0.4, 0.5) is 9.18 Å². The highest BCUT2D eigenvalue weighted by Gasteiger charge is 2.46. The second kappa shape index (κ2) is 8.34. The van der Waals surface area contributed by atoms with E-state index in [1.807, 2.05) is 56.3 Å². The zero-order chi connectivity index (χ0) is 22.0. The van der Waals surface area contributed by atoms with E-state index < -0.39 is 5.54 Å². The number of pyridine rings is 1. The SMILES string of the molecule is C=C(C)c1cc([C@]2(C)CCN2C(=O)OCc2ccccc2)cc(-c2ccc(F)cc2)n1. The molecule has 31 heavy (non-hydrogen) atoms. The molecule has 4 nitrogen and oxygen atoms in total. The standard InChI is InChI=1S/C26H25FN2O2/c1-18(2)23-15-21(16-24(28-23)20-9-11-22(27)12-10-20)26(3)13-14-29(26)25(30)31-17-19-7-5-4-6-8-19/h4-12,15-16H,1,13-14,17H2,2-3H3/t26-/m0/s1. The quantitative estimate of drug-likeness (QED) is 0.499. The Morgan fingerprint density at radius 1 is 1.16 bits per heavy atom. The van der Waals surface area contributed by atoms with Crippen LogP contribution in [-0.4, -0.2) is 22.5 Å². The van der Waals surface area contributed by atoms with E-state index in [-0.39, 0.29) is 18.5 Å². The van der Waals surface area contributed by atoms with E-state index in [1.165, 1.54) is 12.1 Å². The fourth-order valence-electron chi connectivity index (χ4n) is 3.78. The molecule has 0 aliphatic carbocycles. The Morgan fingerprint density at radius 2 is 1.87 bits per heavy atom. The van der Waals surface area contributed by atoms with Crippen molar-refractivity contribution in [3.8, 4) is 11.3 Å².